The second kappa shape index (κ2) is 7.05. The highest BCUT2D eigenvalue weighted by atomic mass is 35.5. The third-order valence-electron chi connectivity index (χ3n) is 4.37. The molecule has 1 saturated carbocycles. The lowest BCUT2D eigenvalue weighted by Crippen LogP contribution is -2.28. The van der Waals surface area contributed by atoms with Gasteiger partial charge in [0.25, 0.3) is 6.43 Å². The van der Waals surface area contributed by atoms with Crippen LogP contribution in [0.4, 0.5) is 13.2 Å². The molecule has 2 aromatic rings. The van der Waals surface area contributed by atoms with E-state index in [0.717, 1.165) is 25.3 Å². The largest absolute Gasteiger partial charge is 0.591 e. The monoisotopic (exact) mass is 405 g/mol. The van der Waals surface area contributed by atoms with Crippen molar-refractivity contribution >= 4 is 39.7 Å². The molecule has 0 unspecified atom stereocenters. The van der Waals surface area contributed by atoms with E-state index in [1.54, 1.807) is 25.3 Å². The van der Waals surface area contributed by atoms with E-state index >= 15 is 0 Å². The van der Waals surface area contributed by atoms with E-state index in [0.29, 0.717) is 5.65 Å². The molecule has 26 heavy (non-hydrogen) atoms. The van der Waals surface area contributed by atoms with Crippen molar-refractivity contribution in [3.05, 3.63) is 28.8 Å². The number of pyridine rings is 1. The molecule has 0 saturated heterocycles. The van der Waals surface area contributed by atoms with Crippen LogP contribution in [0.1, 0.15) is 51.6 Å². The number of nitrogens with zero attached hydrogens (tertiary/aromatic N) is 3. The van der Waals surface area contributed by atoms with E-state index in [2.05, 4.69) is 9.38 Å². The molecule has 1 aliphatic rings. The summed E-state index contributed by atoms with van der Waals surface area (Å²) in [7, 11) is 0. The predicted octanol–water partition coefficient (Wildman–Crippen LogP) is 5.07. The molecule has 0 bridgehead atoms. The van der Waals surface area contributed by atoms with Gasteiger partial charge in [-0.05, 0) is 46.1 Å². The summed E-state index contributed by atoms with van der Waals surface area (Å²) in [6.07, 6.45) is 1.34. The van der Waals surface area contributed by atoms with Crippen LogP contribution in [0.15, 0.2) is 16.7 Å². The second-order valence-corrected chi connectivity index (χ2v) is 9.57. The smallest absolute Gasteiger partial charge is 0.285 e. The predicted molar refractivity (Wildman–Crippen MR) is 98.0 cm³/mol. The van der Waals surface area contributed by atoms with Gasteiger partial charge in [-0.25, -0.2) is 18.2 Å². The Balaban J connectivity index is 2.21. The van der Waals surface area contributed by atoms with Gasteiger partial charge in [0.05, 0.1) is 0 Å². The van der Waals surface area contributed by atoms with Gasteiger partial charge in [0.2, 0.25) is 0 Å². The molecule has 4 nitrogen and oxygen atoms in total. The normalized spacial score (nSPS) is 17.8. The molecule has 9 heteroatoms. The summed E-state index contributed by atoms with van der Waals surface area (Å²) < 4.78 is 58.4. The van der Waals surface area contributed by atoms with Gasteiger partial charge >= 0.3 is 0 Å². The molecular formula is C17H19ClF3N3OS. The fourth-order valence-corrected chi connectivity index (χ4v) is 3.47. The lowest BCUT2D eigenvalue weighted by Gasteiger charge is -2.27. The van der Waals surface area contributed by atoms with Crippen molar-refractivity contribution in [1.82, 2.24) is 9.55 Å². The van der Waals surface area contributed by atoms with Gasteiger partial charge in [0.15, 0.2) is 16.7 Å². The standard InChI is InChI=1S/C17H19ClF3N3OS/c1-17(2,3)26(25)23-13(15(20)21)11-8-24(9-5-4-6-9)16-10(11)7-12(19)14(18)22-16/h7-9,15H,4-6H2,1-3H3/t26-/m0/s1. The first-order valence-electron chi connectivity index (χ1n) is 8.25. The highest BCUT2D eigenvalue weighted by Crippen LogP contribution is 2.37. The summed E-state index contributed by atoms with van der Waals surface area (Å²) in [5.41, 5.74) is -0.238. The van der Waals surface area contributed by atoms with Crippen molar-refractivity contribution in [3.8, 4) is 0 Å². The van der Waals surface area contributed by atoms with Gasteiger partial charge in [0.1, 0.15) is 21.8 Å². The fourth-order valence-electron chi connectivity index (χ4n) is 2.70. The van der Waals surface area contributed by atoms with Crippen molar-refractivity contribution in [1.29, 1.82) is 0 Å². The Bertz CT molecular complexity index is 859. The lowest BCUT2D eigenvalue weighted by atomic mass is 9.93. The number of hydrogen-bond acceptors (Lipinski definition) is 3. The summed E-state index contributed by atoms with van der Waals surface area (Å²) in [6.45, 7) is 4.94. The summed E-state index contributed by atoms with van der Waals surface area (Å²) in [6, 6.07) is 1.19. The molecule has 1 fully saturated rings. The van der Waals surface area contributed by atoms with Gasteiger partial charge < -0.3 is 9.12 Å². The van der Waals surface area contributed by atoms with Crippen molar-refractivity contribution in [2.24, 2.45) is 4.40 Å². The van der Waals surface area contributed by atoms with Crippen LogP contribution < -0.4 is 0 Å². The van der Waals surface area contributed by atoms with Crippen LogP contribution in [0.3, 0.4) is 0 Å². The van der Waals surface area contributed by atoms with Crippen LogP contribution in [0, 0.1) is 5.82 Å². The van der Waals surface area contributed by atoms with E-state index in [1.165, 1.54) is 6.20 Å². The average molecular weight is 406 g/mol. The molecule has 2 heterocycles. The van der Waals surface area contributed by atoms with Crippen molar-refractivity contribution in [2.75, 3.05) is 0 Å². The topological polar surface area (TPSA) is 53.2 Å². The minimum Gasteiger partial charge on any atom is -0.591 e. The Hall–Kier alpha value is -1.25. The van der Waals surface area contributed by atoms with E-state index < -0.39 is 34.1 Å². The average Bonchev–Trinajstić information content (AvgIpc) is 2.80. The van der Waals surface area contributed by atoms with Crippen molar-refractivity contribution < 1.29 is 17.7 Å². The molecule has 1 atom stereocenters. The Morgan fingerprint density at radius 3 is 2.58 bits per heavy atom. The third kappa shape index (κ3) is 3.59. The van der Waals surface area contributed by atoms with Crippen LogP contribution >= 0.6 is 11.6 Å². The number of alkyl halides is 2. The molecule has 0 N–H and O–H groups in total. The van der Waals surface area contributed by atoms with Crippen molar-refractivity contribution in [2.45, 2.75) is 57.2 Å². The van der Waals surface area contributed by atoms with E-state index in [-0.39, 0.29) is 22.1 Å². The zero-order chi connectivity index (χ0) is 19.2. The summed E-state index contributed by atoms with van der Waals surface area (Å²) in [4.78, 5) is 4.05. The second-order valence-electron chi connectivity index (χ2n) is 7.31. The Morgan fingerprint density at radius 2 is 2.08 bits per heavy atom. The molecule has 142 valence electrons. The van der Waals surface area contributed by atoms with Gasteiger partial charge in [-0.1, -0.05) is 16.0 Å². The van der Waals surface area contributed by atoms with Gasteiger partial charge in [0, 0.05) is 23.2 Å². The number of aromatic nitrogens is 2. The quantitative estimate of drug-likeness (QED) is 0.405. The Kier molecular flexibility index (Phi) is 5.29. The van der Waals surface area contributed by atoms with Gasteiger partial charge in [-0.15, -0.1) is 0 Å². The van der Waals surface area contributed by atoms with Crippen LogP contribution in [-0.4, -0.2) is 31.0 Å². The first-order chi connectivity index (χ1) is 12.1. The summed E-state index contributed by atoms with van der Waals surface area (Å²) >= 11 is 3.92. The van der Waals surface area contributed by atoms with E-state index in [1.807, 2.05) is 0 Å². The molecule has 1 aliphatic carbocycles. The van der Waals surface area contributed by atoms with E-state index in [9.17, 15) is 17.7 Å². The first-order valence-corrected chi connectivity index (χ1v) is 9.73. The van der Waals surface area contributed by atoms with Crippen molar-refractivity contribution in [3.63, 3.8) is 0 Å². The minimum atomic E-state index is -2.96. The van der Waals surface area contributed by atoms with Crippen LogP contribution in [0.25, 0.3) is 11.0 Å². The third-order valence-corrected chi connectivity index (χ3v) is 6.05. The van der Waals surface area contributed by atoms with E-state index in [4.69, 9.17) is 11.6 Å². The molecule has 0 amide bonds. The zero-order valence-corrected chi connectivity index (χ0v) is 16.2. The zero-order valence-electron chi connectivity index (χ0n) is 14.6. The lowest BCUT2D eigenvalue weighted by molar-refractivity contribution is 0.226. The molecule has 2 aromatic heterocycles. The SMILES string of the molecule is CC(C)(C)[S@+]([O-])N=C(c1cn(C2CCC2)c2nc(Cl)c(F)cc12)C(F)F. The summed E-state index contributed by atoms with van der Waals surface area (Å²) in [5.74, 6) is -0.794. The maximum Gasteiger partial charge on any atom is 0.285 e. The molecule has 0 aliphatic heterocycles. The highest BCUT2D eigenvalue weighted by molar-refractivity contribution is 7.91. The maximum atomic E-state index is 14.0. The number of fused-ring (bicyclic) bond motifs is 1. The molecule has 0 radical (unpaired) electrons. The first kappa shape index (κ1) is 19.5. The Morgan fingerprint density at radius 1 is 1.42 bits per heavy atom. The minimum absolute atomic E-state index is 0.0440. The molecular weight excluding hydrogens is 387 g/mol. The summed E-state index contributed by atoms with van der Waals surface area (Å²) in [5, 5.41) is -0.111. The Labute approximate surface area is 157 Å². The molecule has 0 aromatic carbocycles. The van der Waals surface area contributed by atoms with Crippen LogP contribution in [-0.2, 0) is 11.4 Å². The molecule has 3 rings (SSSR count). The van der Waals surface area contributed by atoms with Crippen LogP contribution in [0.5, 0.6) is 0 Å². The van der Waals surface area contributed by atoms with Gasteiger partial charge in [-0.3, -0.25) is 0 Å². The number of halogens is 4. The highest BCUT2D eigenvalue weighted by Gasteiger charge is 2.33. The number of hydrogen-bond donors (Lipinski definition) is 0. The number of rotatable bonds is 4. The maximum absolute atomic E-state index is 14.0. The fraction of sp³-hybridized carbons (Fsp3) is 0.529. The van der Waals surface area contributed by atoms with Crippen LogP contribution in [0.2, 0.25) is 5.15 Å². The molecule has 0 spiro atoms. The van der Waals surface area contributed by atoms with Gasteiger partial charge in [-0.2, -0.15) is 0 Å².